The zero-order chi connectivity index (χ0) is 14.1. The lowest BCUT2D eigenvalue weighted by Crippen LogP contribution is -2.49. The second-order valence-electron chi connectivity index (χ2n) is 5.94. The molecule has 0 radical (unpaired) electrons. The van der Waals surface area contributed by atoms with E-state index >= 15 is 0 Å². The van der Waals surface area contributed by atoms with Crippen LogP contribution in [0.5, 0.6) is 0 Å². The molecule has 0 aromatic rings. The lowest BCUT2D eigenvalue weighted by molar-refractivity contribution is -0.135. The lowest BCUT2D eigenvalue weighted by atomic mass is 9.88. The van der Waals surface area contributed by atoms with Crippen LogP contribution in [0.1, 0.15) is 71.6 Å². The molecule has 1 fully saturated rings. The predicted octanol–water partition coefficient (Wildman–Crippen LogP) is 3.32. The predicted molar refractivity (Wildman–Crippen MR) is 80.9 cm³/mol. The summed E-state index contributed by atoms with van der Waals surface area (Å²) >= 11 is 0. The third-order valence-electron chi connectivity index (χ3n) is 4.49. The summed E-state index contributed by atoms with van der Waals surface area (Å²) in [6.45, 7) is 6.00. The van der Waals surface area contributed by atoms with Gasteiger partial charge in [0.05, 0.1) is 0 Å². The number of carbonyl (C=O) groups is 1. The molecular weight excluding hydrogens is 236 g/mol. The molecule has 112 valence electrons. The minimum absolute atomic E-state index is 0.293. The molecule has 1 amide bonds. The first-order valence-corrected chi connectivity index (χ1v) is 8.22. The molecule has 0 aliphatic carbocycles. The first-order chi connectivity index (χ1) is 9.22. The summed E-state index contributed by atoms with van der Waals surface area (Å²) in [5.41, 5.74) is 5.85. The van der Waals surface area contributed by atoms with E-state index < -0.39 is 0 Å². The van der Waals surface area contributed by atoms with Crippen LogP contribution >= 0.6 is 0 Å². The van der Waals surface area contributed by atoms with E-state index in [2.05, 4.69) is 18.7 Å². The Kier molecular flexibility index (Phi) is 8.11. The normalized spacial score (nSPS) is 23.6. The quantitative estimate of drug-likeness (QED) is 0.686. The molecule has 0 spiro atoms. The zero-order valence-electron chi connectivity index (χ0n) is 12.9. The van der Waals surface area contributed by atoms with E-state index in [1.807, 2.05) is 0 Å². The summed E-state index contributed by atoms with van der Waals surface area (Å²) in [6.07, 6.45) is 10.3. The number of nitrogens with two attached hydrogens (primary N) is 1. The molecule has 1 heterocycles. The van der Waals surface area contributed by atoms with Crippen molar-refractivity contribution < 1.29 is 4.79 Å². The Balaban J connectivity index is 2.30. The van der Waals surface area contributed by atoms with Crippen LogP contribution in [0.4, 0.5) is 0 Å². The average molecular weight is 268 g/mol. The van der Waals surface area contributed by atoms with Crippen molar-refractivity contribution in [3.05, 3.63) is 0 Å². The molecule has 1 saturated heterocycles. The van der Waals surface area contributed by atoms with Crippen molar-refractivity contribution in [1.29, 1.82) is 0 Å². The molecule has 0 saturated carbocycles. The molecule has 0 aromatic heterocycles. The summed E-state index contributed by atoms with van der Waals surface area (Å²) in [6, 6.07) is 0.293. The van der Waals surface area contributed by atoms with Gasteiger partial charge in [-0.15, -0.1) is 0 Å². The van der Waals surface area contributed by atoms with E-state index in [0.717, 1.165) is 38.1 Å². The third kappa shape index (κ3) is 5.52. The van der Waals surface area contributed by atoms with Crippen LogP contribution in [0.2, 0.25) is 0 Å². The Bertz CT molecular complexity index is 255. The first-order valence-electron chi connectivity index (χ1n) is 8.22. The number of rotatable bonds is 8. The fraction of sp³-hybridized carbons (Fsp3) is 0.938. The largest absolute Gasteiger partial charge is 0.338 e. The second kappa shape index (κ2) is 9.35. The van der Waals surface area contributed by atoms with Gasteiger partial charge in [0.2, 0.25) is 5.91 Å². The molecule has 2 N–H and O–H groups in total. The van der Waals surface area contributed by atoms with Gasteiger partial charge in [-0.3, -0.25) is 4.79 Å². The van der Waals surface area contributed by atoms with Gasteiger partial charge in [-0.25, -0.2) is 0 Å². The van der Waals surface area contributed by atoms with Crippen molar-refractivity contribution in [3.63, 3.8) is 0 Å². The molecule has 3 nitrogen and oxygen atoms in total. The number of carbonyl (C=O) groups excluding carboxylic acids is 1. The maximum Gasteiger partial charge on any atom is 0.222 e. The van der Waals surface area contributed by atoms with Gasteiger partial charge in [0.15, 0.2) is 0 Å². The molecule has 19 heavy (non-hydrogen) atoms. The third-order valence-corrected chi connectivity index (χ3v) is 4.49. The highest BCUT2D eigenvalue weighted by atomic mass is 16.2. The Morgan fingerprint density at radius 2 is 1.95 bits per heavy atom. The Morgan fingerprint density at radius 3 is 2.58 bits per heavy atom. The van der Waals surface area contributed by atoms with Crippen LogP contribution in [0.25, 0.3) is 0 Å². The lowest BCUT2D eigenvalue weighted by Gasteiger charge is -2.39. The van der Waals surface area contributed by atoms with Crippen LogP contribution in [0, 0.1) is 5.92 Å². The number of hydrogen-bond donors (Lipinski definition) is 1. The fourth-order valence-corrected chi connectivity index (χ4v) is 3.08. The smallest absolute Gasteiger partial charge is 0.222 e. The molecule has 1 aliphatic rings. The van der Waals surface area contributed by atoms with Gasteiger partial charge < -0.3 is 10.6 Å². The highest BCUT2D eigenvalue weighted by molar-refractivity contribution is 5.76. The molecule has 1 aliphatic heterocycles. The highest BCUT2D eigenvalue weighted by Gasteiger charge is 2.29. The molecule has 0 bridgehead atoms. The Hall–Kier alpha value is -0.570. The van der Waals surface area contributed by atoms with Crippen molar-refractivity contribution in [2.24, 2.45) is 11.7 Å². The standard InChI is InChI=1S/C16H32N2O/c1-3-5-6-7-8-9-16(19)18-11-10-14(4-2)12-15(18)13-17/h14-15H,3-13,17H2,1-2H3. The number of piperidine rings is 1. The van der Waals surface area contributed by atoms with Crippen molar-refractivity contribution in [2.45, 2.75) is 77.7 Å². The summed E-state index contributed by atoms with van der Waals surface area (Å²) in [4.78, 5) is 14.3. The van der Waals surface area contributed by atoms with Gasteiger partial charge in [0.1, 0.15) is 0 Å². The zero-order valence-corrected chi connectivity index (χ0v) is 12.9. The minimum Gasteiger partial charge on any atom is -0.338 e. The van der Waals surface area contributed by atoms with E-state index in [-0.39, 0.29) is 0 Å². The summed E-state index contributed by atoms with van der Waals surface area (Å²) in [5.74, 6) is 1.10. The fourth-order valence-electron chi connectivity index (χ4n) is 3.08. The van der Waals surface area contributed by atoms with Gasteiger partial charge >= 0.3 is 0 Å². The Morgan fingerprint density at radius 1 is 1.21 bits per heavy atom. The van der Waals surface area contributed by atoms with E-state index in [4.69, 9.17) is 5.73 Å². The van der Waals surface area contributed by atoms with E-state index in [9.17, 15) is 4.79 Å². The van der Waals surface area contributed by atoms with Crippen molar-refractivity contribution in [1.82, 2.24) is 4.90 Å². The number of unbranched alkanes of at least 4 members (excludes halogenated alkanes) is 4. The maximum absolute atomic E-state index is 12.3. The first kappa shape index (κ1) is 16.5. The van der Waals surface area contributed by atoms with Gasteiger partial charge in [0, 0.05) is 25.6 Å². The minimum atomic E-state index is 0.293. The van der Waals surface area contributed by atoms with Gasteiger partial charge in [-0.05, 0) is 25.2 Å². The van der Waals surface area contributed by atoms with E-state index in [0.29, 0.717) is 18.5 Å². The molecule has 3 heteroatoms. The van der Waals surface area contributed by atoms with Crippen LogP contribution < -0.4 is 5.73 Å². The summed E-state index contributed by atoms with van der Waals surface area (Å²) in [7, 11) is 0. The average Bonchev–Trinajstić information content (AvgIpc) is 2.46. The van der Waals surface area contributed by atoms with E-state index in [1.165, 1.54) is 32.1 Å². The van der Waals surface area contributed by atoms with Crippen molar-refractivity contribution in [2.75, 3.05) is 13.1 Å². The number of hydrogen-bond acceptors (Lipinski definition) is 2. The van der Waals surface area contributed by atoms with Gasteiger partial charge in [-0.1, -0.05) is 46.0 Å². The van der Waals surface area contributed by atoms with Crippen LogP contribution in [-0.2, 0) is 4.79 Å². The molecule has 1 rings (SSSR count). The Labute approximate surface area is 118 Å². The summed E-state index contributed by atoms with van der Waals surface area (Å²) < 4.78 is 0. The molecular formula is C16H32N2O. The maximum atomic E-state index is 12.3. The topological polar surface area (TPSA) is 46.3 Å². The molecule has 2 atom stereocenters. The monoisotopic (exact) mass is 268 g/mol. The van der Waals surface area contributed by atoms with Crippen LogP contribution in [0.15, 0.2) is 0 Å². The van der Waals surface area contributed by atoms with Gasteiger partial charge in [-0.2, -0.15) is 0 Å². The van der Waals surface area contributed by atoms with E-state index in [1.54, 1.807) is 0 Å². The SMILES string of the molecule is CCCCCCCC(=O)N1CCC(CC)CC1CN. The van der Waals surface area contributed by atoms with Crippen LogP contribution in [-0.4, -0.2) is 29.9 Å². The number of amides is 1. The second-order valence-corrected chi connectivity index (χ2v) is 5.94. The highest BCUT2D eigenvalue weighted by Crippen LogP contribution is 2.25. The molecule has 0 aromatic carbocycles. The van der Waals surface area contributed by atoms with Gasteiger partial charge in [0.25, 0.3) is 0 Å². The number of likely N-dealkylation sites (tertiary alicyclic amines) is 1. The molecule has 2 unspecified atom stereocenters. The summed E-state index contributed by atoms with van der Waals surface area (Å²) in [5, 5.41) is 0. The van der Waals surface area contributed by atoms with Crippen molar-refractivity contribution >= 4 is 5.91 Å². The number of nitrogens with zero attached hydrogens (tertiary/aromatic N) is 1. The van der Waals surface area contributed by atoms with Crippen molar-refractivity contribution in [3.8, 4) is 0 Å². The van der Waals surface area contributed by atoms with Crippen LogP contribution in [0.3, 0.4) is 0 Å².